The van der Waals surface area contributed by atoms with E-state index in [1.807, 2.05) is 24.3 Å². The molecule has 3 aromatic carbocycles. The summed E-state index contributed by atoms with van der Waals surface area (Å²) in [5.74, 6) is 0.536. The summed E-state index contributed by atoms with van der Waals surface area (Å²) < 4.78 is 12.1. The fourth-order valence-corrected chi connectivity index (χ4v) is 4.39. The maximum absolute atomic E-state index is 12.4. The lowest BCUT2D eigenvalue weighted by Gasteiger charge is -2.32. The van der Waals surface area contributed by atoms with Crippen molar-refractivity contribution < 1.29 is 29.0 Å². The second-order valence-corrected chi connectivity index (χ2v) is 9.04. The largest absolute Gasteiger partial charge is 0.488 e. The number of nitrogens with one attached hydrogen (secondary N) is 2. The van der Waals surface area contributed by atoms with Crippen LogP contribution in [0.3, 0.4) is 0 Å². The number of hydrogen-bond donors (Lipinski definition) is 3. The third-order valence-electron chi connectivity index (χ3n) is 6.16. The Bertz CT molecular complexity index is 1240. The standard InChI is InChI=1S/C29H30N2O6/c1-19(32)30-26-8-4-5-9-27(26)37-23-16-14-22(15-17-23)36-21-12-10-20(11-13-21)18-28(33)31-25-7-3-2-6-24(25)29(34)35/h2-3,6-7,10-17,26-27H,4-5,8-9,18H2,1H3,(H,30,32)(H,31,33)(H,34,35)/t26-,27-/m0/s1. The van der Waals surface area contributed by atoms with Crippen LogP contribution in [0, 0.1) is 0 Å². The molecule has 8 nitrogen and oxygen atoms in total. The van der Waals surface area contributed by atoms with Crippen molar-refractivity contribution in [2.75, 3.05) is 5.32 Å². The van der Waals surface area contributed by atoms with Crippen molar-refractivity contribution >= 4 is 23.5 Å². The zero-order chi connectivity index (χ0) is 26.2. The molecule has 0 radical (unpaired) electrons. The summed E-state index contributed by atoms with van der Waals surface area (Å²) in [4.78, 5) is 35.2. The van der Waals surface area contributed by atoms with E-state index in [0.29, 0.717) is 11.5 Å². The van der Waals surface area contributed by atoms with Crippen molar-refractivity contribution in [2.45, 2.75) is 51.2 Å². The van der Waals surface area contributed by atoms with E-state index in [0.717, 1.165) is 37.0 Å². The van der Waals surface area contributed by atoms with Crippen LogP contribution < -0.4 is 20.1 Å². The monoisotopic (exact) mass is 502 g/mol. The number of para-hydroxylation sites is 1. The van der Waals surface area contributed by atoms with Gasteiger partial charge in [0.05, 0.1) is 23.7 Å². The fourth-order valence-electron chi connectivity index (χ4n) is 4.39. The smallest absolute Gasteiger partial charge is 0.337 e. The Morgan fingerprint density at radius 2 is 1.49 bits per heavy atom. The molecule has 3 aromatic rings. The minimum Gasteiger partial charge on any atom is -0.488 e. The normalized spacial score (nSPS) is 16.9. The SMILES string of the molecule is CC(=O)N[C@H]1CCCC[C@@H]1Oc1ccc(Oc2ccc(CC(=O)Nc3ccccc3C(=O)O)cc2)cc1. The molecule has 0 heterocycles. The first-order chi connectivity index (χ1) is 17.9. The highest BCUT2D eigenvalue weighted by Crippen LogP contribution is 2.28. The highest BCUT2D eigenvalue weighted by atomic mass is 16.5. The number of anilines is 1. The van der Waals surface area contributed by atoms with Gasteiger partial charge in [-0.1, -0.05) is 30.7 Å². The minimum atomic E-state index is -1.10. The van der Waals surface area contributed by atoms with Crippen LogP contribution in [0.15, 0.2) is 72.8 Å². The van der Waals surface area contributed by atoms with Gasteiger partial charge in [0.1, 0.15) is 23.4 Å². The maximum Gasteiger partial charge on any atom is 0.337 e. The lowest BCUT2D eigenvalue weighted by molar-refractivity contribution is -0.120. The average Bonchev–Trinajstić information content (AvgIpc) is 2.87. The lowest BCUT2D eigenvalue weighted by atomic mass is 9.92. The Morgan fingerprint density at radius 3 is 2.16 bits per heavy atom. The van der Waals surface area contributed by atoms with Crippen LogP contribution in [0.25, 0.3) is 0 Å². The highest BCUT2D eigenvalue weighted by Gasteiger charge is 2.27. The van der Waals surface area contributed by atoms with E-state index in [2.05, 4.69) is 10.6 Å². The van der Waals surface area contributed by atoms with E-state index in [4.69, 9.17) is 9.47 Å². The van der Waals surface area contributed by atoms with Crippen molar-refractivity contribution in [3.8, 4) is 17.2 Å². The molecule has 3 N–H and O–H groups in total. The topological polar surface area (TPSA) is 114 Å². The van der Waals surface area contributed by atoms with Gasteiger partial charge in [0, 0.05) is 6.92 Å². The Hall–Kier alpha value is -4.33. The third kappa shape index (κ3) is 7.33. The molecule has 0 spiro atoms. The van der Waals surface area contributed by atoms with Crippen molar-refractivity contribution in [1.29, 1.82) is 0 Å². The number of amides is 2. The fraction of sp³-hybridized carbons (Fsp3) is 0.276. The number of carboxylic acids is 1. The summed E-state index contributed by atoms with van der Waals surface area (Å²) in [6.07, 6.45) is 4.03. The van der Waals surface area contributed by atoms with E-state index >= 15 is 0 Å². The number of aromatic carboxylic acids is 1. The molecule has 192 valence electrons. The molecule has 0 bridgehead atoms. The molecule has 2 amide bonds. The van der Waals surface area contributed by atoms with Crippen molar-refractivity contribution in [3.05, 3.63) is 83.9 Å². The quantitative estimate of drug-likeness (QED) is 0.371. The first-order valence-electron chi connectivity index (χ1n) is 12.3. The Labute approximate surface area is 215 Å². The van der Waals surface area contributed by atoms with Crippen LogP contribution in [-0.2, 0) is 16.0 Å². The molecule has 1 aliphatic rings. The third-order valence-corrected chi connectivity index (χ3v) is 6.16. The average molecular weight is 503 g/mol. The van der Waals surface area contributed by atoms with E-state index in [1.165, 1.54) is 13.0 Å². The minimum absolute atomic E-state index is 0.0229. The van der Waals surface area contributed by atoms with Crippen molar-refractivity contribution in [1.82, 2.24) is 5.32 Å². The summed E-state index contributed by atoms with van der Waals surface area (Å²) in [5, 5.41) is 14.9. The van der Waals surface area contributed by atoms with Crippen LogP contribution >= 0.6 is 0 Å². The molecular formula is C29H30N2O6. The number of carboxylic acid groups (broad SMARTS) is 1. The number of benzene rings is 3. The van der Waals surface area contributed by atoms with E-state index in [9.17, 15) is 19.5 Å². The van der Waals surface area contributed by atoms with Crippen LogP contribution in [0.5, 0.6) is 17.2 Å². The van der Waals surface area contributed by atoms with Gasteiger partial charge in [-0.05, 0) is 73.4 Å². The second-order valence-electron chi connectivity index (χ2n) is 9.04. The first-order valence-corrected chi connectivity index (χ1v) is 12.3. The van der Waals surface area contributed by atoms with Crippen molar-refractivity contribution in [3.63, 3.8) is 0 Å². The number of carbonyl (C=O) groups is 3. The summed E-state index contributed by atoms with van der Waals surface area (Å²) in [5.41, 5.74) is 1.08. The molecule has 8 heteroatoms. The Balaban J connectivity index is 1.30. The second kappa shape index (κ2) is 12.1. The molecule has 1 fully saturated rings. The van der Waals surface area contributed by atoms with Gasteiger partial charge >= 0.3 is 5.97 Å². The van der Waals surface area contributed by atoms with Gasteiger partial charge in [-0.2, -0.15) is 0 Å². The zero-order valence-corrected chi connectivity index (χ0v) is 20.6. The van der Waals surface area contributed by atoms with Crippen LogP contribution in [0.1, 0.15) is 48.5 Å². The van der Waals surface area contributed by atoms with E-state index in [1.54, 1.807) is 42.5 Å². The molecule has 0 unspecified atom stereocenters. The number of carbonyl (C=O) groups excluding carboxylic acids is 2. The molecule has 1 saturated carbocycles. The number of hydrogen-bond acceptors (Lipinski definition) is 5. The van der Waals surface area contributed by atoms with Crippen LogP contribution in [0.4, 0.5) is 5.69 Å². The lowest BCUT2D eigenvalue weighted by Crippen LogP contribution is -2.46. The molecule has 4 rings (SSSR count). The molecule has 1 aliphatic carbocycles. The van der Waals surface area contributed by atoms with Gasteiger partial charge in [-0.25, -0.2) is 4.79 Å². The summed E-state index contributed by atoms with van der Waals surface area (Å²) in [6.45, 7) is 1.53. The molecule has 37 heavy (non-hydrogen) atoms. The summed E-state index contributed by atoms with van der Waals surface area (Å²) in [7, 11) is 0. The van der Waals surface area contributed by atoms with E-state index in [-0.39, 0.29) is 41.6 Å². The summed E-state index contributed by atoms with van der Waals surface area (Å²) >= 11 is 0. The van der Waals surface area contributed by atoms with Gasteiger partial charge < -0.3 is 25.2 Å². The van der Waals surface area contributed by atoms with Gasteiger partial charge in [-0.3, -0.25) is 9.59 Å². The predicted octanol–water partition coefficient (Wildman–Crippen LogP) is 5.18. The zero-order valence-electron chi connectivity index (χ0n) is 20.6. The first kappa shape index (κ1) is 25.8. The molecule has 0 aromatic heterocycles. The number of ether oxygens (including phenoxy) is 2. The van der Waals surface area contributed by atoms with Gasteiger partial charge in [0.25, 0.3) is 0 Å². The Morgan fingerprint density at radius 1 is 0.865 bits per heavy atom. The maximum atomic E-state index is 12.4. The molecule has 2 atom stereocenters. The molecule has 0 aliphatic heterocycles. The van der Waals surface area contributed by atoms with Gasteiger partial charge in [0.15, 0.2) is 0 Å². The molecule has 0 saturated heterocycles. The van der Waals surface area contributed by atoms with Crippen molar-refractivity contribution in [2.24, 2.45) is 0 Å². The van der Waals surface area contributed by atoms with Crippen LogP contribution in [0.2, 0.25) is 0 Å². The number of rotatable bonds is 9. The van der Waals surface area contributed by atoms with E-state index < -0.39 is 5.97 Å². The van der Waals surface area contributed by atoms with Crippen LogP contribution in [-0.4, -0.2) is 35.0 Å². The predicted molar refractivity (Wildman–Crippen MR) is 139 cm³/mol. The highest BCUT2D eigenvalue weighted by molar-refractivity contribution is 6.01. The summed E-state index contributed by atoms with van der Waals surface area (Å²) in [6, 6.07) is 20.8. The van der Waals surface area contributed by atoms with Gasteiger partial charge in [0.2, 0.25) is 11.8 Å². The molecular weight excluding hydrogens is 472 g/mol. The Kier molecular flexibility index (Phi) is 8.40. The van der Waals surface area contributed by atoms with Gasteiger partial charge in [-0.15, -0.1) is 0 Å².